The molecule has 0 aliphatic heterocycles. The van der Waals surface area contributed by atoms with Gasteiger partial charge in [0.1, 0.15) is 12.4 Å². The van der Waals surface area contributed by atoms with Crippen LogP contribution in [0.25, 0.3) is 0 Å². The third-order valence-electron chi connectivity index (χ3n) is 3.18. The molecule has 1 heterocycles. The van der Waals surface area contributed by atoms with Crippen molar-refractivity contribution in [3.8, 4) is 0 Å². The van der Waals surface area contributed by atoms with Gasteiger partial charge in [0, 0.05) is 6.04 Å². The normalized spacial score (nSPS) is 13.7. The Morgan fingerprint density at radius 1 is 1.38 bits per heavy atom. The van der Waals surface area contributed by atoms with Gasteiger partial charge in [-0.2, -0.15) is 0 Å². The fraction of sp³-hybridized carbons (Fsp3) is 0.333. The molecule has 3 N–H and O–H groups in total. The first-order valence-electron chi connectivity index (χ1n) is 6.64. The molecular formula is C15H18N2O4. The summed E-state index contributed by atoms with van der Waals surface area (Å²) in [6.45, 7) is 0. The number of hydrogen-bond acceptors (Lipinski definition) is 6. The van der Waals surface area contributed by atoms with Crippen LogP contribution in [0.2, 0.25) is 0 Å². The molecule has 0 spiro atoms. The number of carbonyl (C=O) groups is 1. The number of oxazole rings is 1. The average molecular weight is 290 g/mol. The first-order valence-corrected chi connectivity index (χ1v) is 6.64. The second-order valence-corrected chi connectivity index (χ2v) is 4.67. The van der Waals surface area contributed by atoms with E-state index in [1.165, 1.54) is 13.4 Å². The zero-order valence-corrected chi connectivity index (χ0v) is 11.7. The van der Waals surface area contributed by atoms with Crippen LogP contribution in [0.4, 0.5) is 0 Å². The molecule has 0 saturated carbocycles. The molecule has 2 rings (SSSR count). The van der Waals surface area contributed by atoms with Crippen LogP contribution in [0.3, 0.4) is 0 Å². The molecule has 0 amide bonds. The Morgan fingerprint density at radius 2 is 2.10 bits per heavy atom. The second kappa shape index (κ2) is 7.01. The fourth-order valence-electron chi connectivity index (χ4n) is 1.97. The van der Waals surface area contributed by atoms with E-state index >= 15 is 0 Å². The van der Waals surface area contributed by atoms with Gasteiger partial charge in [-0.05, 0) is 18.4 Å². The number of aliphatic hydroxyl groups is 1. The van der Waals surface area contributed by atoms with E-state index in [1.807, 2.05) is 30.3 Å². The summed E-state index contributed by atoms with van der Waals surface area (Å²) in [6, 6.07) is 9.47. The number of methoxy groups -OCH3 is 1. The number of aliphatic hydroxyl groups excluding tert-OH is 1. The smallest absolute Gasteiger partial charge is 0.360 e. The lowest BCUT2D eigenvalue weighted by molar-refractivity contribution is 0.0593. The molecule has 2 aromatic rings. The van der Waals surface area contributed by atoms with Gasteiger partial charge in [0.2, 0.25) is 5.89 Å². The van der Waals surface area contributed by atoms with Crippen molar-refractivity contribution in [2.75, 3.05) is 7.11 Å². The number of esters is 1. The van der Waals surface area contributed by atoms with Crippen LogP contribution in [0.5, 0.6) is 0 Å². The number of nitrogens with two attached hydrogens (primary N) is 1. The van der Waals surface area contributed by atoms with Gasteiger partial charge in [0.15, 0.2) is 5.69 Å². The summed E-state index contributed by atoms with van der Waals surface area (Å²) in [4.78, 5) is 15.2. The first kappa shape index (κ1) is 15.2. The fourth-order valence-corrected chi connectivity index (χ4v) is 1.97. The van der Waals surface area contributed by atoms with E-state index in [4.69, 9.17) is 10.2 Å². The van der Waals surface area contributed by atoms with E-state index in [-0.39, 0.29) is 17.6 Å². The minimum Gasteiger partial charge on any atom is -0.464 e. The summed E-state index contributed by atoms with van der Waals surface area (Å²) in [6.07, 6.45) is 1.22. The van der Waals surface area contributed by atoms with Gasteiger partial charge in [0.05, 0.1) is 7.11 Å². The van der Waals surface area contributed by atoms with Crippen LogP contribution in [0, 0.1) is 0 Å². The van der Waals surface area contributed by atoms with E-state index < -0.39 is 12.1 Å². The van der Waals surface area contributed by atoms with Crippen LogP contribution in [0.1, 0.15) is 46.9 Å². The first-order chi connectivity index (χ1) is 10.1. The monoisotopic (exact) mass is 290 g/mol. The van der Waals surface area contributed by atoms with Crippen LogP contribution in [-0.4, -0.2) is 23.2 Å². The second-order valence-electron chi connectivity index (χ2n) is 4.67. The third-order valence-corrected chi connectivity index (χ3v) is 3.18. The Kier molecular flexibility index (Phi) is 5.08. The van der Waals surface area contributed by atoms with E-state index in [0.29, 0.717) is 12.8 Å². The molecule has 6 nitrogen and oxygen atoms in total. The lowest BCUT2D eigenvalue weighted by Crippen LogP contribution is -2.12. The molecule has 0 aliphatic carbocycles. The van der Waals surface area contributed by atoms with Crippen LogP contribution in [-0.2, 0) is 4.74 Å². The number of nitrogens with zero attached hydrogens (tertiary/aromatic N) is 1. The van der Waals surface area contributed by atoms with Gasteiger partial charge < -0.3 is 20.0 Å². The zero-order valence-electron chi connectivity index (χ0n) is 11.7. The van der Waals surface area contributed by atoms with Crippen LogP contribution in [0.15, 0.2) is 41.0 Å². The summed E-state index contributed by atoms with van der Waals surface area (Å²) in [5, 5.41) is 10.0. The van der Waals surface area contributed by atoms with Crippen molar-refractivity contribution in [3.05, 3.63) is 53.7 Å². The molecule has 1 aromatic heterocycles. The van der Waals surface area contributed by atoms with Crippen LogP contribution < -0.4 is 5.73 Å². The van der Waals surface area contributed by atoms with Crippen molar-refractivity contribution in [2.24, 2.45) is 5.73 Å². The summed E-state index contributed by atoms with van der Waals surface area (Å²) >= 11 is 0. The van der Waals surface area contributed by atoms with Crippen molar-refractivity contribution in [2.45, 2.75) is 25.0 Å². The van der Waals surface area contributed by atoms with Gasteiger partial charge in [-0.15, -0.1) is 0 Å². The maximum atomic E-state index is 11.3. The maximum absolute atomic E-state index is 11.3. The standard InChI is InChI=1S/C15H18N2O4/c1-20-15(19)12-9-21-14(17-12)13(18)8-7-11(16)10-5-3-2-4-6-10/h2-6,9,11,13,18H,7-8,16H2,1H3. The number of benzene rings is 1. The maximum Gasteiger partial charge on any atom is 0.360 e. The average Bonchev–Trinajstić information content (AvgIpc) is 3.02. The SMILES string of the molecule is COC(=O)c1coc(C(O)CCC(N)c2ccccc2)n1. The lowest BCUT2D eigenvalue weighted by atomic mass is 10.0. The third kappa shape index (κ3) is 3.90. The van der Waals surface area contributed by atoms with Crippen molar-refractivity contribution >= 4 is 5.97 Å². The van der Waals surface area contributed by atoms with Gasteiger partial charge >= 0.3 is 5.97 Å². The van der Waals surface area contributed by atoms with Crippen molar-refractivity contribution in [3.63, 3.8) is 0 Å². The van der Waals surface area contributed by atoms with Crippen molar-refractivity contribution in [1.29, 1.82) is 0 Å². The highest BCUT2D eigenvalue weighted by Gasteiger charge is 2.19. The summed E-state index contributed by atoms with van der Waals surface area (Å²) in [5.74, 6) is -0.506. The molecule has 2 unspecified atom stereocenters. The molecule has 21 heavy (non-hydrogen) atoms. The van der Waals surface area contributed by atoms with E-state index in [9.17, 15) is 9.90 Å². The van der Waals surface area contributed by atoms with E-state index in [1.54, 1.807) is 0 Å². The van der Waals surface area contributed by atoms with Gasteiger partial charge in [0.25, 0.3) is 0 Å². The topological polar surface area (TPSA) is 98.6 Å². The van der Waals surface area contributed by atoms with Crippen LogP contribution >= 0.6 is 0 Å². The Labute approximate surface area is 122 Å². The van der Waals surface area contributed by atoms with Crippen molar-refractivity contribution < 1.29 is 19.1 Å². The Morgan fingerprint density at radius 3 is 2.76 bits per heavy atom. The molecule has 0 bridgehead atoms. The highest BCUT2D eigenvalue weighted by atomic mass is 16.5. The molecule has 0 aliphatic rings. The quantitative estimate of drug-likeness (QED) is 0.789. The Bertz CT molecular complexity index is 582. The van der Waals surface area contributed by atoms with E-state index in [0.717, 1.165) is 5.56 Å². The summed E-state index contributed by atoms with van der Waals surface area (Å²) in [5.41, 5.74) is 7.11. The molecule has 6 heteroatoms. The number of aromatic nitrogens is 1. The molecular weight excluding hydrogens is 272 g/mol. The lowest BCUT2D eigenvalue weighted by Gasteiger charge is -2.13. The molecule has 0 fully saturated rings. The predicted octanol–water partition coefficient (Wildman–Crippen LogP) is 1.97. The molecule has 1 aromatic carbocycles. The minimum absolute atomic E-state index is 0.0407. The molecule has 2 atom stereocenters. The number of carbonyl (C=O) groups excluding carboxylic acids is 1. The molecule has 112 valence electrons. The molecule has 0 saturated heterocycles. The zero-order chi connectivity index (χ0) is 15.2. The molecule has 0 radical (unpaired) electrons. The highest BCUT2D eigenvalue weighted by Crippen LogP contribution is 2.23. The largest absolute Gasteiger partial charge is 0.464 e. The van der Waals surface area contributed by atoms with Gasteiger partial charge in [-0.1, -0.05) is 30.3 Å². The van der Waals surface area contributed by atoms with Gasteiger partial charge in [-0.25, -0.2) is 9.78 Å². The summed E-state index contributed by atoms with van der Waals surface area (Å²) < 4.78 is 9.61. The number of ether oxygens (including phenoxy) is 1. The Hall–Kier alpha value is -2.18. The number of rotatable bonds is 6. The predicted molar refractivity (Wildman–Crippen MR) is 75.4 cm³/mol. The van der Waals surface area contributed by atoms with E-state index in [2.05, 4.69) is 9.72 Å². The van der Waals surface area contributed by atoms with Crippen molar-refractivity contribution in [1.82, 2.24) is 4.98 Å². The number of hydrogen-bond donors (Lipinski definition) is 2. The van der Waals surface area contributed by atoms with Gasteiger partial charge in [-0.3, -0.25) is 0 Å². The minimum atomic E-state index is -0.904. The Balaban J connectivity index is 1.91. The highest BCUT2D eigenvalue weighted by molar-refractivity contribution is 5.86. The summed E-state index contributed by atoms with van der Waals surface area (Å²) in [7, 11) is 1.26.